The van der Waals surface area contributed by atoms with Gasteiger partial charge in [0.15, 0.2) is 5.78 Å². The summed E-state index contributed by atoms with van der Waals surface area (Å²) in [6, 6.07) is 5.71. The Hall–Kier alpha value is -0.800. The topological polar surface area (TPSA) is 43.1 Å². The maximum atomic E-state index is 11.5. The van der Waals surface area contributed by atoms with Gasteiger partial charge in [0.05, 0.1) is 0 Å². The van der Waals surface area contributed by atoms with Gasteiger partial charge in [0.25, 0.3) is 0 Å². The lowest BCUT2D eigenvalue weighted by molar-refractivity contribution is 0.0989. The van der Waals surface area contributed by atoms with Gasteiger partial charge < -0.3 is 5.73 Å². The number of ketones is 1. The maximum Gasteiger partial charge on any atom is 0.165 e. The van der Waals surface area contributed by atoms with Gasteiger partial charge >= 0.3 is 0 Å². The highest BCUT2D eigenvalue weighted by molar-refractivity contribution is 7.98. The highest BCUT2D eigenvalue weighted by Crippen LogP contribution is 2.35. The van der Waals surface area contributed by atoms with Crippen LogP contribution >= 0.6 is 11.8 Å². The van der Waals surface area contributed by atoms with Crippen LogP contribution in [0.3, 0.4) is 0 Å². The summed E-state index contributed by atoms with van der Waals surface area (Å²) < 4.78 is 0. The van der Waals surface area contributed by atoms with Crippen molar-refractivity contribution >= 4 is 17.5 Å². The number of Topliss-reactive ketones (excluding diaryl/α,β-unsaturated/α-hetero) is 1. The van der Waals surface area contributed by atoms with Gasteiger partial charge in [-0.15, -0.1) is 11.8 Å². The van der Waals surface area contributed by atoms with E-state index < -0.39 is 0 Å². The number of thioether (sulfide) groups is 1. The van der Waals surface area contributed by atoms with Crippen molar-refractivity contribution in [2.24, 2.45) is 5.73 Å². The second-order valence-corrected chi connectivity index (χ2v) is 4.00. The number of benzene rings is 1. The Morgan fingerprint density at radius 2 is 2.31 bits per heavy atom. The van der Waals surface area contributed by atoms with Gasteiger partial charge in [-0.05, 0) is 17.9 Å². The molecular formula is C10H11NOS. The second-order valence-electron chi connectivity index (χ2n) is 3.16. The Morgan fingerprint density at radius 1 is 1.54 bits per heavy atom. The Morgan fingerprint density at radius 3 is 3.00 bits per heavy atom. The fourth-order valence-corrected chi connectivity index (χ4v) is 2.46. The molecule has 0 bridgehead atoms. The lowest BCUT2D eigenvalue weighted by Gasteiger charge is -2.08. The molecule has 0 fully saturated rings. The first kappa shape index (κ1) is 8.78. The molecule has 1 atom stereocenters. The van der Waals surface area contributed by atoms with Crippen LogP contribution < -0.4 is 5.73 Å². The van der Waals surface area contributed by atoms with E-state index >= 15 is 0 Å². The van der Waals surface area contributed by atoms with E-state index in [1.54, 1.807) is 11.8 Å². The molecule has 13 heavy (non-hydrogen) atoms. The lowest BCUT2D eigenvalue weighted by atomic mass is 10.1. The standard InChI is InChI=1S/C10H11NOS/c1-13-9-4-2-3-6-8(12)5-7(11)10(6)9/h2-4,7H,5,11H2,1H3. The van der Waals surface area contributed by atoms with E-state index in [1.165, 1.54) is 0 Å². The molecule has 0 saturated heterocycles. The number of rotatable bonds is 1. The van der Waals surface area contributed by atoms with Crippen molar-refractivity contribution in [1.82, 2.24) is 0 Å². The molecule has 0 aromatic heterocycles. The van der Waals surface area contributed by atoms with Gasteiger partial charge in [-0.3, -0.25) is 4.79 Å². The molecule has 0 spiro atoms. The molecule has 2 N–H and O–H groups in total. The molecule has 3 heteroatoms. The number of fused-ring (bicyclic) bond motifs is 1. The molecule has 1 aromatic rings. The number of carbonyl (C=O) groups is 1. The van der Waals surface area contributed by atoms with Gasteiger partial charge in [0, 0.05) is 22.9 Å². The van der Waals surface area contributed by atoms with E-state index in [0.29, 0.717) is 6.42 Å². The van der Waals surface area contributed by atoms with Gasteiger partial charge in [-0.2, -0.15) is 0 Å². The molecule has 0 saturated carbocycles. The monoisotopic (exact) mass is 193 g/mol. The minimum Gasteiger partial charge on any atom is -0.324 e. The molecule has 68 valence electrons. The fourth-order valence-electron chi connectivity index (χ4n) is 1.76. The molecule has 2 nitrogen and oxygen atoms in total. The molecule has 0 radical (unpaired) electrons. The number of carbonyl (C=O) groups excluding carboxylic acids is 1. The van der Waals surface area contributed by atoms with E-state index in [9.17, 15) is 4.79 Å². The van der Waals surface area contributed by atoms with E-state index in [2.05, 4.69) is 0 Å². The third kappa shape index (κ3) is 1.28. The molecule has 2 rings (SSSR count). The van der Waals surface area contributed by atoms with Gasteiger partial charge in [-0.1, -0.05) is 12.1 Å². The molecule has 1 aromatic carbocycles. The SMILES string of the molecule is CSc1cccc2c1C(N)CC2=O. The van der Waals surface area contributed by atoms with Gasteiger partial charge in [0.2, 0.25) is 0 Å². The van der Waals surface area contributed by atoms with Gasteiger partial charge in [-0.25, -0.2) is 0 Å². The molecule has 0 aliphatic heterocycles. The number of hydrogen-bond acceptors (Lipinski definition) is 3. The van der Waals surface area contributed by atoms with Crippen LogP contribution in [0.15, 0.2) is 23.1 Å². The molecule has 1 aliphatic carbocycles. The fraction of sp³-hybridized carbons (Fsp3) is 0.300. The van der Waals surface area contributed by atoms with Crippen molar-refractivity contribution < 1.29 is 4.79 Å². The molecule has 1 aliphatic rings. The van der Waals surface area contributed by atoms with Crippen molar-refractivity contribution in [3.05, 3.63) is 29.3 Å². The van der Waals surface area contributed by atoms with Gasteiger partial charge in [0.1, 0.15) is 0 Å². The van der Waals surface area contributed by atoms with E-state index in [-0.39, 0.29) is 11.8 Å². The summed E-state index contributed by atoms with van der Waals surface area (Å²) >= 11 is 1.65. The maximum absolute atomic E-state index is 11.5. The van der Waals surface area contributed by atoms with Crippen LogP contribution in [-0.2, 0) is 0 Å². The Labute approximate surface area is 81.5 Å². The average molecular weight is 193 g/mol. The Balaban J connectivity index is 2.62. The third-order valence-electron chi connectivity index (χ3n) is 2.36. The summed E-state index contributed by atoms with van der Waals surface area (Å²) in [5.41, 5.74) is 7.74. The zero-order chi connectivity index (χ0) is 9.42. The van der Waals surface area contributed by atoms with E-state index in [4.69, 9.17) is 5.73 Å². The van der Waals surface area contributed by atoms with Crippen molar-refractivity contribution in [2.75, 3.05) is 6.26 Å². The average Bonchev–Trinajstić information content (AvgIpc) is 2.43. The molecular weight excluding hydrogens is 182 g/mol. The highest BCUT2D eigenvalue weighted by atomic mass is 32.2. The summed E-state index contributed by atoms with van der Waals surface area (Å²) in [5, 5.41) is 0. The molecule has 0 heterocycles. The zero-order valence-corrected chi connectivity index (χ0v) is 8.23. The normalized spacial score (nSPS) is 20.5. The third-order valence-corrected chi connectivity index (χ3v) is 3.16. The summed E-state index contributed by atoms with van der Waals surface area (Å²) in [7, 11) is 0. The minimum atomic E-state index is -0.0915. The van der Waals surface area contributed by atoms with E-state index in [0.717, 1.165) is 16.0 Å². The summed E-state index contributed by atoms with van der Waals surface area (Å²) in [6.07, 6.45) is 2.47. The Kier molecular flexibility index (Phi) is 2.14. The predicted octanol–water partition coefficient (Wildman–Crippen LogP) is 1.99. The molecule has 1 unspecified atom stereocenters. The predicted molar refractivity (Wildman–Crippen MR) is 54.1 cm³/mol. The van der Waals surface area contributed by atoms with Crippen molar-refractivity contribution in [1.29, 1.82) is 0 Å². The van der Waals surface area contributed by atoms with Crippen LogP contribution in [-0.4, -0.2) is 12.0 Å². The van der Waals surface area contributed by atoms with Crippen LogP contribution in [0.1, 0.15) is 28.4 Å². The number of hydrogen-bond donors (Lipinski definition) is 1. The first-order valence-corrected chi connectivity index (χ1v) is 5.42. The smallest absolute Gasteiger partial charge is 0.165 e. The summed E-state index contributed by atoms with van der Waals surface area (Å²) in [6.45, 7) is 0. The van der Waals surface area contributed by atoms with Crippen LogP contribution in [0.2, 0.25) is 0 Å². The second kappa shape index (κ2) is 3.16. The first-order valence-electron chi connectivity index (χ1n) is 4.19. The minimum absolute atomic E-state index is 0.0915. The van der Waals surface area contributed by atoms with Crippen LogP contribution in [0.25, 0.3) is 0 Å². The summed E-state index contributed by atoms with van der Waals surface area (Å²) in [4.78, 5) is 12.6. The molecule has 0 amide bonds. The first-order chi connectivity index (χ1) is 6.24. The van der Waals surface area contributed by atoms with Crippen LogP contribution in [0, 0.1) is 0 Å². The van der Waals surface area contributed by atoms with E-state index in [1.807, 2.05) is 24.5 Å². The quantitative estimate of drug-likeness (QED) is 0.694. The summed E-state index contributed by atoms with van der Waals surface area (Å²) in [5.74, 6) is 0.179. The van der Waals surface area contributed by atoms with Crippen molar-refractivity contribution in [2.45, 2.75) is 17.4 Å². The van der Waals surface area contributed by atoms with Crippen molar-refractivity contribution in [3.8, 4) is 0 Å². The highest BCUT2D eigenvalue weighted by Gasteiger charge is 2.28. The van der Waals surface area contributed by atoms with Crippen LogP contribution in [0.5, 0.6) is 0 Å². The largest absolute Gasteiger partial charge is 0.324 e. The lowest BCUT2D eigenvalue weighted by Crippen LogP contribution is -2.06. The Bertz CT molecular complexity index is 362. The zero-order valence-electron chi connectivity index (χ0n) is 7.41. The number of nitrogens with two attached hydrogens (primary N) is 1. The van der Waals surface area contributed by atoms with Crippen LogP contribution in [0.4, 0.5) is 0 Å². The van der Waals surface area contributed by atoms with Crippen molar-refractivity contribution in [3.63, 3.8) is 0 Å².